The van der Waals surface area contributed by atoms with Gasteiger partial charge in [0.2, 0.25) is 11.8 Å². The number of benzene rings is 2. The highest BCUT2D eigenvalue weighted by Gasteiger charge is 2.16. The number of rotatable bonds is 6. The van der Waals surface area contributed by atoms with E-state index in [-0.39, 0.29) is 28.7 Å². The number of carbonyl (C=O) groups excluding carboxylic acids is 3. The molecule has 26 heavy (non-hydrogen) atoms. The van der Waals surface area contributed by atoms with Crippen molar-refractivity contribution in [2.45, 2.75) is 13.5 Å². The minimum absolute atomic E-state index is 0.136. The Labute approximate surface area is 156 Å². The summed E-state index contributed by atoms with van der Waals surface area (Å²) in [4.78, 5) is 37.2. The number of nitrogens with one attached hydrogen (secondary N) is 1. The zero-order valence-corrected chi connectivity index (χ0v) is 15.2. The number of carbonyl (C=O) groups is 3. The Hall–Kier alpha value is -2.86. The van der Waals surface area contributed by atoms with Gasteiger partial charge in [0.15, 0.2) is 0 Å². The Kier molecular flexibility index (Phi) is 6.74. The standard InChI is InChI=1S/C19H19ClN2O4/c1-13(23)22(11-14-6-4-3-5-7-14)12-18(24)21-17-10-15(19(25)26-2)8-9-16(17)20/h3-10H,11-12H2,1-2H3,(H,21,24). The van der Waals surface area contributed by atoms with Gasteiger partial charge in [-0.05, 0) is 23.8 Å². The second kappa shape index (κ2) is 9.01. The van der Waals surface area contributed by atoms with Crippen LogP contribution in [0.2, 0.25) is 5.02 Å². The van der Waals surface area contributed by atoms with Crippen LogP contribution in [0.5, 0.6) is 0 Å². The normalized spacial score (nSPS) is 10.1. The molecule has 0 aromatic heterocycles. The molecule has 0 aliphatic carbocycles. The third-order valence-corrected chi connectivity index (χ3v) is 3.99. The van der Waals surface area contributed by atoms with E-state index in [1.165, 1.54) is 37.1 Å². The molecule has 6 nitrogen and oxygen atoms in total. The molecule has 136 valence electrons. The van der Waals surface area contributed by atoms with Gasteiger partial charge in [-0.25, -0.2) is 4.79 Å². The van der Waals surface area contributed by atoms with E-state index in [0.29, 0.717) is 6.54 Å². The molecule has 2 rings (SSSR count). The molecule has 0 atom stereocenters. The Morgan fingerprint density at radius 2 is 1.81 bits per heavy atom. The van der Waals surface area contributed by atoms with Gasteiger partial charge < -0.3 is 15.0 Å². The molecule has 0 aliphatic rings. The Morgan fingerprint density at radius 1 is 1.12 bits per heavy atom. The number of ether oxygens (including phenoxy) is 1. The molecule has 2 aromatic rings. The second-order valence-corrected chi connectivity index (χ2v) is 6.00. The number of nitrogens with zero attached hydrogens (tertiary/aromatic N) is 1. The van der Waals surface area contributed by atoms with Crippen LogP contribution in [0.25, 0.3) is 0 Å². The molecule has 0 radical (unpaired) electrons. The van der Waals surface area contributed by atoms with Crippen LogP contribution in [0.1, 0.15) is 22.8 Å². The Morgan fingerprint density at radius 3 is 2.42 bits per heavy atom. The van der Waals surface area contributed by atoms with Gasteiger partial charge in [0, 0.05) is 13.5 Å². The van der Waals surface area contributed by atoms with Crippen molar-refractivity contribution >= 4 is 35.1 Å². The number of esters is 1. The molecule has 0 heterocycles. The predicted octanol–water partition coefficient (Wildman–Crippen LogP) is 3.11. The molecule has 0 spiro atoms. The average molecular weight is 375 g/mol. The lowest BCUT2D eigenvalue weighted by Gasteiger charge is -2.21. The van der Waals surface area contributed by atoms with Gasteiger partial charge in [-0.2, -0.15) is 0 Å². The van der Waals surface area contributed by atoms with E-state index in [1.54, 1.807) is 0 Å². The number of amides is 2. The number of hydrogen-bond acceptors (Lipinski definition) is 4. The molecule has 2 aromatic carbocycles. The van der Waals surface area contributed by atoms with Crippen LogP contribution in [0, 0.1) is 0 Å². The van der Waals surface area contributed by atoms with Gasteiger partial charge >= 0.3 is 5.97 Å². The summed E-state index contributed by atoms with van der Waals surface area (Å²) >= 11 is 6.07. The molecule has 0 unspecified atom stereocenters. The van der Waals surface area contributed by atoms with E-state index in [4.69, 9.17) is 11.6 Å². The maximum absolute atomic E-state index is 12.3. The maximum Gasteiger partial charge on any atom is 0.337 e. The fourth-order valence-corrected chi connectivity index (χ4v) is 2.48. The number of halogens is 1. The van der Waals surface area contributed by atoms with Crippen LogP contribution in [-0.4, -0.2) is 36.3 Å². The molecule has 0 saturated carbocycles. The first-order chi connectivity index (χ1) is 12.4. The van der Waals surface area contributed by atoms with Crippen LogP contribution in [0.3, 0.4) is 0 Å². The van der Waals surface area contributed by atoms with E-state index >= 15 is 0 Å². The van der Waals surface area contributed by atoms with Crippen molar-refractivity contribution in [3.8, 4) is 0 Å². The minimum atomic E-state index is -0.536. The minimum Gasteiger partial charge on any atom is -0.465 e. The first-order valence-electron chi connectivity index (χ1n) is 7.88. The zero-order valence-electron chi connectivity index (χ0n) is 14.5. The van der Waals surface area contributed by atoms with E-state index in [2.05, 4.69) is 10.1 Å². The van der Waals surface area contributed by atoms with Crippen LogP contribution < -0.4 is 5.32 Å². The van der Waals surface area contributed by atoms with Crippen molar-refractivity contribution in [2.75, 3.05) is 19.0 Å². The molecule has 7 heteroatoms. The lowest BCUT2D eigenvalue weighted by molar-refractivity contribution is -0.133. The number of methoxy groups -OCH3 is 1. The van der Waals surface area contributed by atoms with Crippen molar-refractivity contribution in [3.63, 3.8) is 0 Å². The first kappa shape index (κ1) is 19.5. The van der Waals surface area contributed by atoms with Crippen LogP contribution in [-0.2, 0) is 20.9 Å². The van der Waals surface area contributed by atoms with Gasteiger partial charge in [-0.3, -0.25) is 9.59 Å². The van der Waals surface area contributed by atoms with E-state index in [0.717, 1.165) is 5.56 Å². The Balaban J connectivity index is 2.08. The van der Waals surface area contributed by atoms with Crippen LogP contribution in [0.15, 0.2) is 48.5 Å². The second-order valence-electron chi connectivity index (χ2n) is 5.60. The lowest BCUT2D eigenvalue weighted by Crippen LogP contribution is -2.36. The summed E-state index contributed by atoms with van der Waals surface area (Å²) in [6.07, 6.45) is 0. The van der Waals surface area contributed by atoms with Crippen LogP contribution in [0.4, 0.5) is 5.69 Å². The largest absolute Gasteiger partial charge is 0.465 e. The van der Waals surface area contributed by atoms with Crippen molar-refractivity contribution < 1.29 is 19.1 Å². The van der Waals surface area contributed by atoms with Gasteiger partial charge in [0.1, 0.15) is 6.54 Å². The summed E-state index contributed by atoms with van der Waals surface area (Å²) in [7, 11) is 1.27. The summed E-state index contributed by atoms with van der Waals surface area (Å²) in [5, 5.41) is 2.91. The third-order valence-electron chi connectivity index (χ3n) is 3.66. The lowest BCUT2D eigenvalue weighted by atomic mass is 10.2. The van der Waals surface area contributed by atoms with Gasteiger partial charge in [0.25, 0.3) is 0 Å². The monoisotopic (exact) mass is 374 g/mol. The van der Waals surface area contributed by atoms with E-state index < -0.39 is 11.9 Å². The number of hydrogen-bond donors (Lipinski definition) is 1. The van der Waals surface area contributed by atoms with Gasteiger partial charge in [0.05, 0.1) is 23.4 Å². The van der Waals surface area contributed by atoms with Crippen molar-refractivity contribution in [1.29, 1.82) is 0 Å². The average Bonchev–Trinajstić information content (AvgIpc) is 2.63. The predicted molar refractivity (Wildman–Crippen MR) is 99.0 cm³/mol. The molecule has 0 fully saturated rings. The van der Waals surface area contributed by atoms with Crippen molar-refractivity contribution in [2.24, 2.45) is 0 Å². The summed E-state index contributed by atoms with van der Waals surface area (Å²) in [5.41, 5.74) is 1.46. The first-order valence-corrected chi connectivity index (χ1v) is 8.25. The molecule has 1 N–H and O–H groups in total. The molecular formula is C19H19ClN2O4. The summed E-state index contributed by atoms with van der Waals surface area (Å²) in [6.45, 7) is 1.59. The summed E-state index contributed by atoms with van der Waals surface area (Å²) in [5.74, 6) is -1.18. The fourth-order valence-electron chi connectivity index (χ4n) is 2.31. The maximum atomic E-state index is 12.3. The quantitative estimate of drug-likeness (QED) is 0.788. The topological polar surface area (TPSA) is 75.7 Å². The molecule has 0 saturated heterocycles. The summed E-state index contributed by atoms with van der Waals surface area (Å²) in [6, 6.07) is 13.8. The van der Waals surface area contributed by atoms with Crippen molar-refractivity contribution in [1.82, 2.24) is 4.90 Å². The zero-order chi connectivity index (χ0) is 19.1. The smallest absolute Gasteiger partial charge is 0.337 e. The SMILES string of the molecule is COC(=O)c1ccc(Cl)c(NC(=O)CN(Cc2ccccc2)C(C)=O)c1. The highest BCUT2D eigenvalue weighted by molar-refractivity contribution is 6.33. The van der Waals surface area contributed by atoms with E-state index in [9.17, 15) is 14.4 Å². The molecular weight excluding hydrogens is 356 g/mol. The molecule has 2 amide bonds. The van der Waals surface area contributed by atoms with Gasteiger partial charge in [-0.1, -0.05) is 41.9 Å². The van der Waals surface area contributed by atoms with E-state index in [1.807, 2.05) is 30.3 Å². The third kappa shape index (κ3) is 5.32. The van der Waals surface area contributed by atoms with Gasteiger partial charge in [-0.15, -0.1) is 0 Å². The fraction of sp³-hybridized carbons (Fsp3) is 0.211. The molecule has 0 aliphatic heterocycles. The molecule has 0 bridgehead atoms. The van der Waals surface area contributed by atoms with Crippen molar-refractivity contribution in [3.05, 3.63) is 64.7 Å². The highest BCUT2D eigenvalue weighted by atomic mass is 35.5. The highest BCUT2D eigenvalue weighted by Crippen LogP contribution is 2.23. The summed E-state index contributed by atoms with van der Waals surface area (Å²) < 4.78 is 4.65. The number of anilines is 1. The Bertz CT molecular complexity index is 808. The van der Waals surface area contributed by atoms with Crippen LogP contribution >= 0.6 is 11.6 Å².